The number of hydrogen-bond donors (Lipinski definition) is 1. The minimum atomic E-state index is -3.51. The third-order valence-corrected chi connectivity index (χ3v) is 5.63. The van der Waals surface area contributed by atoms with Gasteiger partial charge in [-0.15, -0.1) is 0 Å². The molecule has 0 spiro atoms. The summed E-state index contributed by atoms with van der Waals surface area (Å²) in [6.07, 6.45) is 0.948. The van der Waals surface area contributed by atoms with Crippen LogP contribution in [0.15, 0.2) is 29.2 Å². The molecule has 1 aromatic rings. The van der Waals surface area contributed by atoms with Crippen molar-refractivity contribution < 1.29 is 13.2 Å². The minimum absolute atomic E-state index is 0.181. The lowest BCUT2D eigenvalue weighted by Crippen LogP contribution is -2.49. The largest absolute Gasteiger partial charge is 0.379 e. The number of sulfonamides is 1. The van der Waals surface area contributed by atoms with Crippen molar-refractivity contribution in [2.45, 2.75) is 31.2 Å². The predicted octanol–water partition coefficient (Wildman–Crippen LogP) is 2.37. The van der Waals surface area contributed by atoms with Crippen molar-refractivity contribution in [1.29, 1.82) is 0 Å². The highest BCUT2D eigenvalue weighted by Crippen LogP contribution is 2.16. The van der Waals surface area contributed by atoms with E-state index in [2.05, 4.69) is 23.5 Å². The first-order valence-electron chi connectivity index (χ1n) is 7.95. The van der Waals surface area contributed by atoms with Crippen LogP contribution in [-0.2, 0) is 14.8 Å². The van der Waals surface area contributed by atoms with Gasteiger partial charge in [0.05, 0.1) is 18.1 Å². The van der Waals surface area contributed by atoms with Gasteiger partial charge in [-0.2, -0.15) is 0 Å². The van der Waals surface area contributed by atoms with E-state index in [1.54, 1.807) is 12.1 Å². The van der Waals surface area contributed by atoms with Crippen molar-refractivity contribution >= 4 is 21.6 Å². The Bertz CT molecular complexity index is 584. The molecule has 7 heteroatoms. The topological polar surface area (TPSA) is 58.6 Å². The molecule has 5 nitrogen and oxygen atoms in total. The maximum absolute atomic E-state index is 12.4. The molecular formula is C16H25ClN2O3S. The Morgan fingerprint density at radius 3 is 2.39 bits per heavy atom. The van der Waals surface area contributed by atoms with Crippen LogP contribution in [0.5, 0.6) is 0 Å². The van der Waals surface area contributed by atoms with Crippen LogP contribution >= 0.6 is 11.6 Å². The average molecular weight is 361 g/mol. The van der Waals surface area contributed by atoms with Crippen LogP contribution < -0.4 is 4.72 Å². The molecule has 1 aliphatic rings. The first-order valence-corrected chi connectivity index (χ1v) is 9.81. The van der Waals surface area contributed by atoms with E-state index in [9.17, 15) is 8.42 Å². The molecule has 2 rings (SSSR count). The van der Waals surface area contributed by atoms with E-state index >= 15 is 0 Å². The van der Waals surface area contributed by atoms with E-state index in [1.807, 2.05) is 0 Å². The number of hydrogen-bond acceptors (Lipinski definition) is 4. The maximum atomic E-state index is 12.4. The summed E-state index contributed by atoms with van der Waals surface area (Å²) >= 11 is 5.81. The highest BCUT2D eigenvalue weighted by atomic mass is 35.5. The Hall–Kier alpha value is -0.660. The van der Waals surface area contributed by atoms with Gasteiger partial charge in [-0.3, -0.25) is 4.90 Å². The Labute approximate surface area is 144 Å². The standard InChI is InChI=1S/C16H25ClN2O3S/c1-13(2)11-15(19-7-9-22-10-8-19)12-18-23(20,21)16-5-3-14(17)4-6-16/h3-6,13,15,18H,7-12H2,1-2H3/t15-/m1/s1. The molecule has 1 aromatic carbocycles. The first-order chi connectivity index (χ1) is 10.9. The monoisotopic (exact) mass is 360 g/mol. The van der Waals surface area contributed by atoms with Crippen molar-refractivity contribution in [3.05, 3.63) is 29.3 Å². The van der Waals surface area contributed by atoms with Gasteiger partial charge in [-0.05, 0) is 36.6 Å². The van der Waals surface area contributed by atoms with Gasteiger partial charge in [-0.25, -0.2) is 13.1 Å². The molecule has 0 unspecified atom stereocenters. The summed E-state index contributed by atoms with van der Waals surface area (Å²) in [4.78, 5) is 2.56. The van der Waals surface area contributed by atoms with E-state index in [0.717, 1.165) is 19.5 Å². The van der Waals surface area contributed by atoms with Gasteiger partial charge in [0.25, 0.3) is 0 Å². The van der Waals surface area contributed by atoms with Crippen molar-refractivity contribution in [1.82, 2.24) is 9.62 Å². The summed E-state index contributed by atoms with van der Waals surface area (Å²) in [5.74, 6) is 0.503. The first kappa shape index (κ1) is 18.7. The number of nitrogens with zero attached hydrogens (tertiary/aromatic N) is 1. The number of nitrogens with one attached hydrogen (secondary N) is 1. The Morgan fingerprint density at radius 2 is 1.83 bits per heavy atom. The van der Waals surface area contributed by atoms with E-state index in [1.165, 1.54) is 12.1 Å². The molecule has 0 bridgehead atoms. The molecule has 0 aromatic heterocycles. The van der Waals surface area contributed by atoms with Gasteiger partial charge in [0, 0.05) is 30.7 Å². The lowest BCUT2D eigenvalue weighted by atomic mass is 10.0. The fourth-order valence-electron chi connectivity index (χ4n) is 2.75. The van der Waals surface area contributed by atoms with Crippen LogP contribution in [0.4, 0.5) is 0 Å². The van der Waals surface area contributed by atoms with E-state index in [0.29, 0.717) is 30.7 Å². The molecule has 1 fully saturated rings. The summed E-state index contributed by atoms with van der Waals surface area (Å²) < 4.78 is 33.0. The Morgan fingerprint density at radius 1 is 1.22 bits per heavy atom. The van der Waals surface area contributed by atoms with Crippen LogP contribution in [0.2, 0.25) is 5.02 Å². The zero-order valence-corrected chi connectivity index (χ0v) is 15.2. The Balaban J connectivity index is 2.02. The second-order valence-corrected chi connectivity index (χ2v) is 8.44. The van der Waals surface area contributed by atoms with Crippen LogP contribution in [0.1, 0.15) is 20.3 Å². The molecule has 0 aliphatic carbocycles. The molecule has 23 heavy (non-hydrogen) atoms. The summed E-state index contributed by atoms with van der Waals surface area (Å²) in [6, 6.07) is 6.40. The van der Waals surface area contributed by atoms with Crippen LogP contribution in [0.3, 0.4) is 0 Å². The Kier molecular flexibility index (Phi) is 6.85. The van der Waals surface area contributed by atoms with Crippen LogP contribution in [0, 0.1) is 5.92 Å². The molecule has 1 heterocycles. The fourth-order valence-corrected chi connectivity index (χ4v) is 3.95. The van der Waals surface area contributed by atoms with Crippen LogP contribution in [-0.4, -0.2) is 52.2 Å². The van der Waals surface area contributed by atoms with Crippen molar-refractivity contribution in [3.63, 3.8) is 0 Å². The summed E-state index contributed by atoms with van der Waals surface area (Å²) in [7, 11) is -3.51. The van der Waals surface area contributed by atoms with Gasteiger partial charge in [-0.1, -0.05) is 25.4 Å². The SMILES string of the molecule is CC(C)C[C@H](CNS(=O)(=O)c1ccc(Cl)cc1)N1CCOCC1. The molecule has 1 N–H and O–H groups in total. The second-order valence-electron chi connectivity index (χ2n) is 6.24. The molecule has 0 radical (unpaired) electrons. The van der Waals surface area contributed by atoms with Gasteiger partial charge < -0.3 is 4.74 Å². The number of benzene rings is 1. The summed E-state index contributed by atoms with van der Waals surface area (Å²) in [6.45, 7) is 7.82. The number of morpholine rings is 1. The molecule has 0 amide bonds. The molecule has 0 saturated carbocycles. The van der Waals surface area contributed by atoms with Gasteiger partial charge >= 0.3 is 0 Å². The third kappa shape index (κ3) is 5.72. The quantitative estimate of drug-likeness (QED) is 0.811. The maximum Gasteiger partial charge on any atom is 0.240 e. The number of halogens is 1. The molecule has 1 aliphatic heterocycles. The zero-order chi connectivity index (χ0) is 16.9. The minimum Gasteiger partial charge on any atom is -0.379 e. The van der Waals surface area contributed by atoms with Crippen LogP contribution in [0.25, 0.3) is 0 Å². The van der Waals surface area contributed by atoms with E-state index < -0.39 is 10.0 Å². The van der Waals surface area contributed by atoms with Crippen molar-refractivity contribution in [3.8, 4) is 0 Å². The van der Waals surface area contributed by atoms with E-state index in [4.69, 9.17) is 16.3 Å². The smallest absolute Gasteiger partial charge is 0.240 e. The van der Waals surface area contributed by atoms with Crippen molar-refractivity contribution in [2.75, 3.05) is 32.8 Å². The fraction of sp³-hybridized carbons (Fsp3) is 0.625. The van der Waals surface area contributed by atoms with Gasteiger partial charge in [0.1, 0.15) is 0 Å². The molecule has 1 saturated heterocycles. The molecule has 130 valence electrons. The third-order valence-electron chi connectivity index (χ3n) is 3.94. The second kappa shape index (κ2) is 8.44. The van der Waals surface area contributed by atoms with Crippen molar-refractivity contribution in [2.24, 2.45) is 5.92 Å². The van der Waals surface area contributed by atoms with E-state index in [-0.39, 0.29) is 10.9 Å². The van der Waals surface area contributed by atoms with Gasteiger partial charge in [0.15, 0.2) is 0 Å². The lowest BCUT2D eigenvalue weighted by molar-refractivity contribution is 0.0134. The summed E-state index contributed by atoms with van der Waals surface area (Å²) in [5.41, 5.74) is 0. The molecule has 1 atom stereocenters. The number of rotatable bonds is 7. The van der Waals surface area contributed by atoms with Gasteiger partial charge in [0.2, 0.25) is 10.0 Å². The lowest BCUT2D eigenvalue weighted by Gasteiger charge is -2.35. The number of ether oxygens (including phenoxy) is 1. The molecular weight excluding hydrogens is 336 g/mol. The summed E-state index contributed by atoms with van der Waals surface area (Å²) in [5, 5.41) is 0.523. The normalized spacial score (nSPS) is 18.3. The zero-order valence-electron chi connectivity index (χ0n) is 13.7. The average Bonchev–Trinajstić information content (AvgIpc) is 2.52. The highest BCUT2D eigenvalue weighted by Gasteiger charge is 2.24. The predicted molar refractivity (Wildman–Crippen MR) is 92.3 cm³/mol. The highest BCUT2D eigenvalue weighted by molar-refractivity contribution is 7.89.